The second kappa shape index (κ2) is 5.03. The highest BCUT2D eigenvalue weighted by Gasteiger charge is 2.50. The summed E-state index contributed by atoms with van der Waals surface area (Å²) in [6.45, 7) is 1.85. The van der Waals surface area contributed by atoms with Crippen LogP contribution in [-0.4, -0.2) is 34.6 Å². The van der Waals surface area contributed by atoms with Crippen molar-refractivity contribution in [1.82, 2.24) is 4.90 Å². The van der Waals surface area contributed by atoms with E-state index in [0.717, 1.165) is 11.3 Å². The van der Waals surface area contributed by atoms with Gasteiger partial charge in [0.1, 0.15) is 6.54 Å². The highest BCUT2D eigenvalue weighted by Crippen LogP contribution is 2.43. The van der Waals surface area contributed by atoms with Crippen molar-refractivity contribution in [1.29, 1.82) is 0 Å². The van der Waals surface area contributed by atoms with E-state index in [0.29, 0.717) is 12.8 Å². The fourth-order valence-corrected chi connectivity index (χ4v) is 2.34. The van der Waals surface area contributed by atoms with Crippen molar-refractivity contribution < 1.29 is 18.0 Å². The van der Waals surface area contributed by atoms with Gasteiger partial charge in [-0.25, -0.2) is 0 Å². The molecule has 3 nitrogen and oxygen atoms in total. The van der Waals surface area contributed by atoms with Crippen LogP contribution in [0.15, 0.2) is 0 Å². The fraction of sp³-hybridized carbons (Fsp3) is 0.818. The van der Waals surface area contributed by atoms with Crippen LogP contribution in [0.4, 0.5) is 13.2 Å². The first-order valence-electron chi connectivity index (χ1n) is 5.78. The third-order valence-electron chi connectivity index (χ3n) is 3.32. The van der Waals surface area contributed by atoms with Crippen LogP contribution in [0, 0.1) is 5.41 Å². The first-order chi connectivity index (χ1) is 8.10. The van der Waals surface area contributed by atoms with Gasteiger partial charge in [0.2, 0.25) is 5.91 Å². The number of halogens is 3. The Morgan fingerprint density at radius 2 is 1.94 bits per heavy atom. The topological polar surface area (TPSA) is 46.3 Å². The molecule has 0 bridgehead atoms. The van der Waals surface area contributed by atoms with E-state index in [1.54, 1.807) is 13.8 Å². The standard InChI is InChI=1S/C11H17F3N2OS/c1-7(2)16(6-11(12,13)14)9(17)10(8(15)18)4-3-5-10/h7H,3-6H2,1-2H3,(H2,15,18). The molecule has 1 amide bonds. The van der Waals surface area contributed by atoms with Crippen molar-refractivity contribution >= 4 is 23.1 Å². The molecule has 0 saturated heterocycles. The molecule has 0 radical (unpaired) electrons. The number of nitrogens with zero attached hydrogens (tertiary/aromatic N) is 1. The minimum absolute atomic E-state index is 0.00609. The van der Waals surface area contributed by atoms with E-state index in [1.165, 1.54) is 0 Å². The Bertz CT molecular complexity index is 351. The summed E-state index contributed by atoms with van der Waals surface area (Å²) >= 11 is 4.85. The predicted octanol–water partition coefficient (Wildman–Crippen LogP) is 2.24. The molecular formula is C11H17F3N2OS. The number of hydrogen-bond acceptors (Lipinski definition) is 2. The number of thiocarbonyl (C=S) groups is 1. The van der Waals surface area contributed by atoms with E-state index in [2.05, 4.69) is 0 Å². The Kier molecular flexibility index (Phi) is 4.25. The third kappa shape index (κ3) is 2.93. The van der Waals surface area contributed by atoms with Crippen molar-refractivity contribution in [2.75, 3.05) is 6.54 Å². The van der Waals surface area contributed by atoms with Gasteiger partial charge in [0.25, 0.3) is 0 Å². The zero-order valence-electron chi connectivity index (χ0n) is 10.4. The van der Waals surface area contributed by atoms with Gasteiger partial charge >= 0.3 is 6.18 Å². The van der Waals surface area contributed by atoms with E-state index >= 15 is 0 Å². The van der Waals surface area contributed by atoms with Crippen LogP contribution < -0.4 is 5.73 Å². The Morgan fingerprint density at radius 3 is 2.17 bits per heavy atom. The molecule has 7 heteroatoms. The average molecular weight is 282 g/mol. The van der Waals surface area contributed by atoms with E-state index in [-0.39, 0.29) is 4.99 Å². The Balaban J connectivity index is 2.93. The number of nitrogens with two attached hydrogens (primary N) is 1. The lowest BCUT2D eigenvalue weighted by Crippen LogP contribution is -2.57. The van der Waals surface area contributed by atoms with E-state index in [1.807, 2.05) is 0 Å². The van der Waals surface area contributed by atoms with Crippen LogP contribution in [-0.2, 0) is 4.79 Å². The maximum atomic E-state index is 12.5. The first-order valence-corrected chi connectivity index (χ1v) is 6.19. The highest BCUT2D eigenvalue weighted by atomic mass is 32.1. The van der Waals surface area contributed by atoms with Gasteiger partial charge in [-0.15, -0.1) is 0 Å². The van der Waals surface area contributed by atoms with Crippen molar-refractivity contribution in [3.05, 3.63) is 0 Å². The Labute approximate surface area is 109 Å². The summed E-state index contributed by atoms with van der Waals surface area (Å²) in [6.07, 6.45) is -2.76. The zero-order chi connectivity index (χ0) is 14.1. The molecule has 1 saturated carbocycles. The fourth-order valence-electron chi connectivity index (χ4n) is 2.05. The monoisotopic (exact) mass is 282 g/mol. The van der Waals surface area contributed by atoms with Crippen molar-refractivity contribution in [3.8, 4) is 0 Å². The van der Waals surface area contributed by atoms with E-state index in [4.69, 9.17) is 18.0 Å². The molecule has 1 fully saturated rings. The van der Waals surface area contributed by atoms with E-state index < -0.39 is 30.1 Å². The van der Waals surface area contributed by atoms with Gasteiger partial charge in [0.05, 0.1) is 10.4 Å². The smallest absolute Gasteiger partial charge is 0.392 e. The quantitative estimate of drug-likeness (QED) is 0.804. The predicted molar refractivity (Wildman–Crippen MR) is 66.0 cm³/mol. The molecule has 0 aromatic carbocycles. The number of carbonyl (C=O) groups excluding carboxylic acids is 1. The maximum absolute atomic E-state index is 12.5. The summed E-state index contributed by atoms with van der Waals surface area (Å²) < 4.78 is 37.4. The van der Waals surface area contributed by atoms with Gasteiger partial charge in [-0.3, -0.25) is 4.79 Å². The zero-order valence-corrected chi connectivity index (χ0v) is 11.2. The van der Waals surface area contributed by atoms with Gasteiger partial charge in [0.15, 0.2) is 0 Å². The lowest BCUT2D eigenvalue weighted by Gasteiger charge is -2.44. The molecule has 1 aliphatic carbocycles. The molecule has 18 heavy (non-hydrogen) atoms. The van der Waals surface area contributed by atoms with Gasteiger partial charge in [-0.2, -0.15) is 13.2 Å². The second-order valence-corrected chi connectivity index (χ2v) is 5.38. The summed E-state index contributed by atoms with van der Waals surface area (Å²) in [5.74, 6) is -0.589. The van der Waals surface area contributed by atoms with Crippen LogP contribution >= 0.6 is 12.2 Å². The van der Waals surface area contributed by atoms with Crippen LogP contribution in [0.1, 0.15) is 33.1 Å². The van der Waals surface area contributed by atoms with Crippen LogP contribution in [0.3, 0.4) is 0 Å². The van der Waals surface area contributed by atoms with Crippen LogP contribution in [0.2, 0.25) is 0 Å². The van der Waals surface area contributed by atoms with E-state index in [9.17, 15) is 18.0 Å². The van der Waals surface area contributed by atoms with Crippen molar-refractivity contribution in [2.24, 2.45) is 11.1 Å². The van der Waals surface area contributed by atoms with Crippen molar-refractivity contribution in [3.63, 3.8) is 0 Å². The largest absolute Gasteiger partial charge is 0.406 e. The molecule has 0 heterocycles. The molecule has 0 aromatic rings. The molecule has 0 atom stereocenters. The first kappa shape index (κ1) is 15.2. The minimum Gasteiger partial charge on any atom is -0.392 e. The Morgan fingerprint density at radius 1 is 1.44 bits per heavy atom. The van der Waals surface area contributed by atoms with Gasteiger partial charge in [-0.05, 0) is 26.7 Å². The number of amides is 1. The lowest BCUT2D eigenvalue weighted by atomic mass is 9.67. The minimum atomic E-state index is -4.42. The SMILES string of the molecule is CC(C)N(CC(F)(F)F)C(=O)C1(C(N)=S)CCC1. The number of alkyl halides is 3. The maximum Gasteiger partial charge on any atom is 0.406 e. The average Bonchev–Trinajstić information content (AvgIpc) is 2.09. The summed E-state index contributed by atoms with van der Waals surface area (Å²) in [5, 5.41) is 0. The summed E-state index contributed by atoms with van der Waals surface area (Å²) in [7, 11) is 0. The molecule has 2 N–H and O–H groups in total. The lowest BCUT2D eigenvalue weighted by molar-refractivity contribution is -0.171. The molecule has 0 unspecified atom stereocenters. The summed E-state index contributed by atoms with van der Waals surface area (Å²) in [4.78, 5) is 13.1. The molecule has 0 aromatic heterocycles. The molecule has 1 aliphatic rings. The second-order valence-electron chi connectivity index (χ2n) is 4.94. The van der Waals surface area contributed by atoms with Gasteiger partial charge in [-0.1, -0.05) is 18.6 Å². The van der Waals surface area contributed by atoms with Crippen LogP contribution in [0.5, 0.6) is 0 Å². The summed E-state index contributed by atoms with van der Waals surface area (Å²) in [5.41, 5.74) is 4.49. The van der Waals surface area contributed by atoms with Gasteiger partial charge < -0.3 is 10.6 Å². The number of carbonyl (C=O) groups is 1. The molecule has 0 aliphatic heterocycles. The third-order valence-corrected chi connectivity index (χ3v) is 3.71. The number of rotatable bonds is 4. The molecule has 104 valence electrons. The normalized spacial score (nSPS) is 18.3. The molecule has 0 spiro atoms. The van der Waals surface area contributed by atoms with Crippen LogP contribution in [0.25, 0.3) is 0 Å². The van der Waals surface area contributed by atoms with Crippen molar-refractivity contribution in [2.45, 2.75) is 45.3 Å². The molecule has 1 rings (SSSR count). The highest BCUT2D eigenvalue weighted by molar-refractivity contribution is 7.80. The van der Waals surface area contributed by atoms with Gasteiger partial charge in [0, 0.05) is 6.04 Å². The molecular weight excluding hydrogens is 265 g/mol. The Hall–Kier alpha value is -0.850. The number of hydrogen-bond donors (Lipinski definition) is 1. The summed E-state index contributed by atoms with van der Waals surface area (Å²) in [6, 6.07) is -0.536.